The number of carbonyl (C=O) groups is 5. The Balaban J connectivity index is 1.90. The highest BCUT2D eigenvalue weighted by atomic mass is 32.1. The van der Waals surface area contributed by atoms with Crippen LogP contribution in [-0.2, 0) is 35.0 Å². The molecule has 342 valence electrons. The molecule has 1 aliphatic rings. The summed E-state index contributed by atoms with van der Waals surface area (Å²) in [5.41, 5.74) is 1.02. The van der Waals surface area contributed by atoms with Crippen LogP contribution in [0.1, 0.15) is 153 Å². The standard InChI is InChI=1S/C46H73N5O9S/c1-14-20-51(43(55)38(28(7)16-3)49-41(54)39(29(8)17-4)50(12)45(57)60-46(9,10)11)36(27(5)6)25-37(59-21-15-2)42-48-35(26-61-42)40(53)47-31-22-30-18-19-32(52)24-33(30)34(23-31)44(56)58-13/h18-19,24,26-29,31,34,36-39,52H,14-17,20-23,25H2,1-13H3,(H,47,53)(H,49,54)/t28-,29-,31?,34+,36+,37+,38-,39+/m0/s1. The Morgan fingerprint density at radius 3 is 2.25 bits per heavy atom. The second-order valence-electron chi connectivity index (χ2n) is 17.9. The van der Waals surface area contributed by atoms with Gasteiger partial charge in [0.15, 0.2) is 0 Å². The number of rotatable bonds is 21. The van der Waals surface area contributed by atoms with Gasteiger partial charge in [-0.15, -0.1) is 11.3 Å². The lowest BCUT2D eigenvalue weighted by molar-refractivity contribution is -0.143. The van der Waals surface area contributed by atoms with E-state index >= 15 is 0 Å². The minimum Gasteiger partial charge on any atom is -0.508 e. The number of aromatic hydroxyl groups is 1. The van der Waals surface area contributed by atoms with E-state index in [0.29, 0.717) is 62.2 Å². The minimum atomic E-state index is -0.861. The number of hydrogen-bond acceptors (Lipinski definition) is 11. The smallest absolute Gasteiger partial charge is 0.410 e. The average molecular weight is 872 g/mol. The zero-order chi connectivity index (χ0) is 45.8. The normalized spacial score (nSPS) is 18.1. The van der Waals surface area contributed by atoms with Gasteiger partial charge in [0.05, 0.1) is 13.0 Å². The molecule has 8 atom stereocenters. The Bertz CT molecular complexity index is 1780. The van der Waals surface area contributed by atoms with Crippen molar-refractivity contribution in [1.29, 1.82) is 0 Å². The van der Waals surface area contributed by atoms with Crippen molar-refractivity contribution >= 4 is 41.1 Å². The topological polar surface area (TPSA) is 177 Å². The number of hydrogen-bond donors (Lipinski definition) is 3. The lowest BCUT2D eigenvalue weighted by Crippen LogP contribution is -2.60. The molecular weight excluding hydrogens is 799 g/mol. The maximum absolute atomic E-state index is 14.9. The number of amides is 4. The van der Waals surface area contributed by atoms with E-state index in [1.165, 1.54) is 23.3 Å². The molecule has 0 saturated heterocycles. The van der Waals surface area contributed by atoms with Gasteiger partial charge >= 0.3 is 12.1 Å². The van der Waals surface area contributed by atoms with E-state index in [0.717, 1.165) is 12.0 Å². The number of thiazole rings is 1. The molecule has 15 heteroatoms. The van der Waals surface area contributed by atoms with Crippen molar-refractivity contribution in [3.63, 3.8) is 0 Å². The van der Waals surface area contributed by atoms with Crippen molar-refractivity contribution in [2.24, 2.45) is 17.8 Å². The van der Waals surface area contributed by atoms with Crippen LogP contribution >= 0.6 is 11.3 Å². The van der Waals surface area contributed by atoms with Gasteiger partial charge in [0.2, 0.25) is 11.8 Å². The molecule has 3 rings (SSSR count). The third-order valence-electron chi connectivity index (χ3n) is 11.6. The lowest BCUT2D eigenvalue weighted by atomic mass is 9.80. The van der Waals surface area contributed by atoms with Crippen molar-refractivity contribution in [2.75, 3.05) is 27.3 Å². The Morgan fingerprint density at radius 1 is 1.00 bits per heavy atom. The minimum absolute atomic E-state index is 0.00995. The Kier molecular flexibility index (Phi) is 19.5. The first-order valence-corrected chi connectivity index (χ1v) is 22.9. The summed E-state index contributed by atoms with van der Waals surface area (Å²) in [6, 6.07) is 2.51. The molecule has 61 heavy (non-hydrogen) atoms. The molecule has 1 aromatic carbocycles. The van der Waals surface area contributed by atoms with E-state index in [2.05, 4.69) is 24.5 Å². The Morgan fingerprint density at radius 2 is 1.67 bits per heavy atom. The number of carbonyl (C=O) groups excluding carboxylic acids is 5. The van der Waals surface area contributed by atoms with Gasteiger partial charge in [-0.2, -0.15) is 0 Å². The number of esters is 1. The number of methoxy groups -OCH3 is 1. The maximum Gasteiger partial charge on any atom is 0.410 e. The Hall–Kier alpha value is -4.24. The first kappa shape index (κ1) is 51.1. The number of nitrogens with one attached hydrogen (secondary N) is 2. The van der Waals surface area contributed by atoms with Crippen LogP contribution < -0.4 is 10.6 Å². The molecule has 3 N–H and O–H groups in total. The van der Waals surface area contributed by atoms with Crippen molar-refractivity contribution in [3.05, 3.63) is 45.4 Å². The summed E-state index contributed by atoms with van der Waals surface area (Å²) in [7, 11) is 2.89. The van der Waals surface area contributed by atoms with Gasteiger partial charge < -0.3 is 34.9 Å². The molecule has 0 fully saturated rings. The van der Waals surface area contributed by atoms with Crippen LogP contribution in [0.2, 0.25) is 0 Å². The molecule has 0 spiro atoms. The molecule has 0 saturated carbocycles. The fourth-order valence-corrected chi connectivity index (χ4v) is 8.73. The Labute approximate surface area is 367 Å². The number of likely N-dealkylation sites (N-methyl/N-ethyl adjacent to an activating group) is 1. The molecule has 1 unspecified atom stereocenters. The van der Waals surface area contributed by atoms with Crippen molar-refractivity contribution < 1.29 is 43.3 Å². The fraction of sp³-hybridized carbons (Fsp3) is 0.696. The molecule has 4 amide bonds. The third kappa shape index (κ3) is 13.9. The van der Waals surface area contributed by atoms with Crippen LogP contribution in [0, 0.1) is 17.8 Å². The molecule has 1 aliphatic carbocycles. The second kappa shape index (κ2) is 23.3. The predicted molar refractivity (Wildman–Crippen MR) is 237 cm³/mol. The quantitative estimate of drug-likeness (QED) is 0.105. The van der Waals surface area contributed by atoms with E-state index in [-0.39, 0.29) is 53.1 Å². The molecule has 1 aromatic heterocycles. The van der Waals surface area contributed by atoms with Gasteiger partial charge in [-0.05, 0) is 87.5 Å². The second-order valence-corrected chi connectivity index (χ2v) is 18.8. The summed E-state index contributed by atoms with van der Waals surface area (Å²) >= 11 is 1.32. The van der Waals surface area contributed by atoms with Gasteiger partial charge in [0, 0.05) is 44.1 Å². The van der Waals surface area contributed by atoms with Gasteiger partial charge in [0.1, 0.15) is 40.2 Å². The molecule has 0 aliphatic heterocycles. The van der Waals surface area contributed by atoms with Crippen LogP contribution in [-0.4, -0.2) is 107 Å². The lowest BCUT2D eigenvalue weighted by Gasteiger charge is -2.40. The number of ether oxygens (including phenoxy) is 3. The molecule has 2 aromatic rings. The molecular formula is C46H73N5O9S. The number of phenolic OH excluding ortho intramolecular Hbond substituents is 1. The van der Waals surface area contributed by atoms with E-state index in [1.807, 2.05) is 46.4 Å². The summed E-state index contributed by atoms with van der Waals surface area (Å²) in [6.45, 7) is 22.2. The highest BCUT2D eigenvalue weighted by Crippen LogP contribution is 2.36. The first-order chi connectivity index (χ1) is 28.7. The van der Waals surface area contributed by atoms with Gasteiger partial charge in [0.25, 0.3) is 5.91 Å². The first-order valence-electron chi connectivity index (χ1n) is 22.0. The van der Waals surface area contributed by atoms with Crippen LogP contribution in [0.5, 0.6) is 5.75 Å². The molecule has 0 radical (unpaired) electrons. The predicted octanol–water partition coefficient (Wildman–Crippen LogP) is 7.78. The van der Waals surface area contributed by atoms with Crippen LogP contribution in [0.25, 0.3) is 0 Å². The SMILES string of the molecule is CCCO[C@H](C[C@H](C(C)C)N(CCC)C(=O)[C@@H](NC(=O)[C@@H]([C@@H](C)CC)N(C)C(=O)OC(C)(C)C)[C@@H](C)CC)c1nc(C(=O)NC2Cc3ccc(O)cc3[C@H](C(=O)OC)C2)cs1. The number of aromatic nitrogens is 1. The highest BCUT2D eigenvalue weighted by molar-refractivity contribution is 7.09. The van der Waals surface area contributed by atoms with Crippen LogP contribution in [0.3, 0.4) is 0 Å². The summed E-state index contributed by atoms with van der Waals surface area (Å²) in [5.74, 6) is -2.44. The summed E-state index contributed by atoms with van der Waals surface area (Å²) in [4.78, 5) is 76.8. The summed E-state index contributed by atoms with van der Waals surface area (Å²) in [6.07, 6.45) is 2.73. The zero-order valence-corrected chi connectivity index (χ0v) is 39.6. The van der Waals surface area contributed by atoms with Crippen molar-refractivity contribution in [3.8, 4) is 5.75 Å². The summed E-state index contributed by atoms with van der Waals surface area (Å²) in [5, 5.41) is 18.6. The average Bonchev–Trinajstić information content (AvgIpc) is 3.71. The van der Waals surface area contributed by atoms with E-state index in [4.69, 9.17) is 19.2 Å². The number of benzene rings is 1. The molecule has 14 nitrogen and oxygen atoms in total. The van der Waals surface area contributed by atoms with E-state index in [9.17, 15) is 29.1 Å². The van der Waals surface area contributed by atoms with Crippen molar-refractivity contribution in [1.82, 2.24) is 25.4 Å². The van der Waals surface area contributed by atoms with Gasteiger partial charge in [-0.3, -0.25) is 24.1 Å². The van der Waals surface area contributed by atoms with Crippen molar-refractivity contribution in [2.45, 2.75) is 163 Å². The summed E-state index contributed by atoms with van der Waals surface area (Å²) < 4.78 is 17.1. The number of nitrogens with zero attached hydrogens (tertiary/aromatic N) is 3. The molecule has 0 bridgehead atoms. The van der Waals surface area contributed by atoms with Gasteiger partial charge in [-0.25, -0.2) is 9.78 Å². The van der Waals surface area contributed by atoms with Gasteiger partial charge in [-0.1, -0.05) is 74.3 Å². The largest absolute Gasteiger partial charge is 0.508 e. The van der Waals surface area contributed by atoms with Crippen LogP contribution in [0.15, 0.2) is 23.6 Å². The number of phenols is 1. The molecule has 1 heterocycles. The van der Waals surface area contributed by atoms with E-state index in [1.54, 1.807) is 51.4 Å². The monoisotopic (exact) mass is 872 g/mol. The highest BCUT2D eigenvalue weighted by Gasteiger charge is 2.40. The number of fused-ring (bicyclic) bond motifs is 1. The maximum atomic E-state index is 14.9. The van der Waals surface area contributed by atoms with Crippen LogP contribution in [0.4, 0.5) is 4.79 Å². The fourth-order valence-electron chi connectivity index (χ4n) is 7.87. The zero-order valence-electron chi connectivity index (χ0n) is 38.8. The van der Waals surface area contributed by atoms with E-state index < -0.39 is 47.7 Å². The third-order valence-corrected chi connectivity index (χ3v) is 12.5.